The van der Waals surface area contributed by atoms with E-state index in [1.807, 2.05) is 6.92 Å². The van der Waals surface area contributed by atoms with E-state index < -0.39 is 0 Å². The van der Waals surface area contributed by atoms with Crippen molar-refractivity contribution in [3.05, 3.63) is 47.7 Å². The molecule has 0 aliphatic heterocycles. The smallest absolute Gasteiger partial charge is 0.135 e. The van der Waals surface area contributed by atoms with Gasteiger partial charge in [0.2, 0.25) is 0 Å². The average molecular weight is 210 g/mol. The van der Waals surface area contributed by atoms with Gasteiger partial charge in [-0.15, -0.1) is 0 Å². The summed E-state index contributed by atoms with van der Waals surface area (Å²) in [6.45, 7) is 5.90. The minimum Gasteiger partial charge on any atom is -0.456 e. The Morgan fingerprint density at radius 1 is 1.38 bits per heavy atom. The van der Waals surface area contributed by atoms with Gasteiger partial charge in [-0.25, -0.2) is 0 Å². The second-order valence-electron chi connectivity index (χ2n) is 4.38. The fourth-order valence-corrected chi connectivity index (χ4v) is 2.27. The molecule has 16 heavy (non-hydrogen) atoms. The summed E-state index contributed by atoms with van der Waals surface area (Å²) in [5.41, 5.74) is 4.70. The molecule has 1 nitrogen and oxygen atoms in total. The van der Waals surface area contributed by atoms with Gasteiger partial charge in [0.1, 0.15) is 11.3 Å². The van der Waals surface area contributed by atoms with Crippen molar-refractivity contribution in [3.8, 4) is 0 Å². The number of hydrogen-bond acceptors (Lipinski definition) is 1. The third-order valence-corrected chi connectivity index (χ3v) is 3.13. The topological polar surface area (TPSA) is 13.1 Å². The minimum atomic E-state index is 0.901. The summed E-state index contributed by atoms with van der Waals surface area (Å²) in [6, 6.07) is 6.31. The van der Waals surface area contributed by atoms with Crippen molar-refractivity contribution in [1.82, 2.24) is 0 Å². The van der Waals surface area contributed by atoms with Crippen LogP contribution in [-0.4, -0.2) is 0 Å². The van der Waals surface area contributed by atoms with Gasteiger partial charge in [-0.05, 0) is 48.6 Å². The maximum Gasteiger partial charge on any atom is 0.135 e. The van der Waals surface area contributed by atoms with Crippen molar-refractivity contribution in [1.29, 1.82) is 0 Å². The second-order valence-corrected chi connectivity index (χ2v) is 4.38. The first-order chi connectivity index (χ1) is 7.75. The Bertz CT molecular complexity index is 599. The molecular formula is C15H14O. The van der Waals surface area contributed by atoms with Crippen molar-refractivity contribution >= 4 is 22.6 Å². The van der Waals surface area contributed by atoms with E-state index in [1.54, 1.807) is 0 Å². The molecular weight excluding hydrogens is 196 g/mol. The molecule has 0 atom stereocenters. The zero-order valence-corrected chi connectivity index (χ0v) is 9.42. The normalized spacial score (nSPS) is 14.1. The van der Waals surface area contributed by atoms with Gasteiger partial charge in [0.05, 0.1) is 0 Å². The predicted octanol–water partition coefficient (Wildman–Crippen LogP) is 4.43. The fourth-order valence-electron chi connectivity index (χ4n) is 2.27. The van der Waals surface area contributed by atoms with Gasteiger partial charge in [0.25, 0.3) is 0 Å². The van der Waals surface area contributed by atoms with E-state index >= 15 is 0 Å². The molecule has 0 unspecified atom stereocenters. The first kappa shape index (κ1) is 9.46. The molecule has 1 aromatic carbocycles. The standard InChI is InChI=1S/C15H14O/c1-10(2)15-9-13-12-6-4-3-5-11(12)7-8-14(13)16-15/h3,5,7-9H,1,4,6H2,2H3. The Morgan fingerprint density at radius 3 is 3.06 bits per heavy atom. The molecule has 0 amide bonds. The van der Waals surface area contributed by atoms with Crippen LogP contribution in [-0.2, 0) is 6.42 Å². The number of allylic oxidation sites excluding steroid dienone is 2. The molecule has 0 saturated heterocycles. The number of fused-ring (bicyclic) bond motifs is 3. The van der Waals surface area contributed by atoms with Gasteiger partial charge < -0.3 is 4.42 Å². The van der Waals surface area contributed by atoms with E-state index in [0.717, 1.165) is 29.8 Å². The molecule has 2 aromatic rings. The van der Waals surface area contributed by atoms with Crippen LogP contribution in [0.3, 0.4) is 0 Å². The van der Waals surface area contributed by atoms with Gasteiger partial charge >= 0.3 is 0 Å². The van der Waals surface area contributed by atoms with E-state index in [2.05, 4.69) is 36.9 Å². The highest BCUT2D eigenvalue weighted by Gasteiger charge is 2.12. The molecule has 1 heterocycles. The second kappa shape index (κ2) is 3.38. The Hall–Kier alpha value is -1.76. The maximum absolute atomic E-state index is 5.77. The van der Waals surface area contributed by atoms with Crippen molar-refractivity contribution in [3.63, 3.8) is 0 Å². The Kier molecular flexibility index (Phi) is 2.00. The Morgan fingerprint density at radius 2 is 2.25 bits per heavy atom. The van der Waals surface area contributed by atoms with Gasteiger partial charge in [0.15, 0.2) is 0 Å². The zero-order valence-electron chi connectivity index (χ0n) is 9.42. The molecule has 80 valence electrons. The summed E-state index contributed by atoms with van der Waals surface area (Å²) in [5.74, 6) is 0.901. The molecule has 0 spiro atoms. The van der Waals surface area contributed by atoms with E-state index in [4.69, 9.17) is 4.42 Å². The summed E-state index contributed by atoms with van der Waals surface area (Å²) in [6.07, 6.45) is 6.66. The van der Waals surface area contributed by atoms with E-state index in [-0.39, 0.29) is 0 Å². The fraction of sp³-hybridized carbons (Fsp3) is 0.200. The van der Waals surface area contributed by atoms with Crippen LogP contribution in [0.25, 0.3) is 22.6 Å². The summed E-state index contributed by atoms with van der Waals surface area (Å²) in [4.78, 5) is 0. The minimum absolute atomic E-state index is 0.901. The van der Waals surface area contributed by atoms with Gasteiger partial charge in [-0.2, -0.15) is 0 Å². The molecule has 1 heteroatoms. The maximum atomic E-state index is 5.77. The van der Waals surface area contributed by atoms with Crippen LogP contribution in [0.15, 0.2) is 35.3 Å². The largest absolute Gasteiger partial charge is 0.456 e. The highest BCUT2D eigenvalue weighted by Crippen LogP contribution is 2.31. The number of furan rings is 1. The molecule has 1 aliphatic carbocycles. The molecule has 0 saturated carbocycles. The quantitative estimate of drug-likeness (QED) is 0.678. The lowest BCUT2D eigenvalue weighted by Gasteiger charge is -2.10. The van der Waals surface area contributed by atoms with Crippen molar-refractivity contribution in [2.75, 3.05) is 0 Å². The molecule has 1 aliphatic rings. The van der Waals surface area contributed by atoms with E-state index in [9.17, 15) is 0 Å². The highest BCUT2D eigenvalue weighted by molar-refractivity contribution is 5.88. The van der Waals surface area contributed by atoms with Crippen LogP contribution in [0.4, 0.5) is 0 Å². The molecule has 0 radical (unpaired) electrons. The average Bonchev–Trinajstić information content (AvgIpc) is 2.73. The molecule has 0 fully saturated rings. The number of hydrogen-bond donors (Lipinski definition) is 0. The molecule has 0 N–H and O–H groups in total. The third kappa shape index (κ3) is 1.32. The lowest BCUT2D eigenvalue weighted by atomic mass is 9.94. The van der Waals surface area contributed by atoms with Crippen LogP contribution in [0.5, 0.6) is 0 Å². The van der Waals surface area contributed by atoms with Crippen LogP contribution >= 0.6 is 0 Å². The summed E-state index contributed by atoms with van der Waals surface area (Å²) >= 11 is 0. The predicted molar refractivity (Wildman–Crippen MR) is 68.3 cm³/mol. The van der Waals surface area contributed by atoms with Crippen molar-refractivity contribution < 1.29 is 4.42 Å². The number of rotatable bonds is 1. The van der Waals surface area contributed by atoms with Crippen molar-refractivity contribution in [2.45, 2.75) is 19.8 Å². The van der Waals surface area contributed by atoms with Crippen molar-refractivity contribution in [2.24, 2.45) is 0 Å². The molecule has 3 rings (SSSR count). The lowest BCUT2D eigenvalue weighted by molar-refractivity contribution is 0.599. The summed E-state index contributed by atoms with van der Waals surface area (Å²) in [5, 5.41) is 1.25. The monoisotopic (exact) mass is 210 g/mol. The molecule has 0 bridgehead atoms. The van der Waals surface area contributed by atoms with Gasteiger partial charge in [-0.1, -0.05) is 24.8 Å². The van der Waals surface area contributed by atoms with E-state index in [0.29, 0.717) is 0 Å². The molecule has 1 aromatic heterocycles. The first-order valence-corrected chi connectivity index (χ1v) is 5.63. The zero-order chi connectivity index (χ0) is 11.1. The van der Waals surface area contributed by atoms with Crippen LogP contribution in [0.2, 0.25) is 0 Å². The first-order valence-electron chi connectivity index (χ1n) is 5.63. The number of aryl methyl sites for hydroxylation is 1. The lowest BCUT2D eigenvalue weighted by Crippen LogP contribution is -1.93. The Labute approximate surface area is 95.1 Å². The Balaban J connectivity index is 2.31. The van der Waals surface area contributed by atoms with Crippen LogP contribution in [0.1, 0.15) is 30.2 Å². The SMILES string of the molecule is C=C(C)c1cc2c3c(ccc2o1)C=CCC3. The summed E-state index contributed by atoms with van der Waals surface area (Å²) < 4.78 is 5.77. The van der Waals surface area contributed by atoms with E-state index in [1.165, 1.54) is 16.5 Å². The highest BCUT2D eigenvalue weighted by atomic mass is 16.3. The van der Waals surface area contributed by atoms with Gasteiger partial charge in [0, 0.05) is 5.39 Å². The van der Waals surface area contributed by atoms with Gasteiger partial charge in [-0.3, -0.25) is 0 Å². The summed E-state index contributed by atoms with van der Waals surface area (Å²) in [7, 11) is 0. The van der Waals surface area contributed by atoms with Crippen LogP contribution in [0, 0.1) is 0 Å². The third-order valence-electron chi connectivity index (χ3n) is 3.13. The van der Waals surface area contributed by atoms with Crippen LogP contribution < -0.4 is 0 Å². The number of benzene rings is 1.